The minimum atomic E-state index is -0.0602. The van der Waals surface area contributed by atoms with E-state index in [0.29, 0.717) is 5.92 Å². The van der Waals surface area contributed by atoms with E-state index in [1.54, 1.807) is 12.4 Å². The lowest BCUT2D eigenvalue weighted by atomic mass is 10.1. The van der Waals surface area contributed by atoms with Crippen molar-refractivity contribution in [2.45, 2.75) is 25.8 Å². The summed E-state index contributed by atoms with van der Waals surface area (Å²) in [7, 11) is 0. The van der Waals surface area contributed by atoms with Crippen molar-refractivity contribution in [3.63, 3.8) is 0 Å². The number of carbonyl (C=O) groups is 1. The highest BCUT2D eigenvalue weighted by molar-refractivity contribution is 5.77. The summed E-state index contributed by atoms with van der Waals surface area (Å²) in [5.74, 6) is 0.635. The van der Waals surface area contributed by atoms with Crippen molar-refractivity contribution in [2.24, 2.45) is 5.92 Å². The summed E-state index contributed by atoms with van der Waals surface area (Å²) in [6.45, 7) is 2.83. The molecule has 0 saturated heterocycles. The number of carbonyl (C=O) groups excluding carboxylic acids is 1. The first-order chi connectivity index (χ1) is 8.25. The van der Waals surface area contributed by atoms with Gasteiger partial charge in [0.2, 0.25) is 5.91 Å². The molecular formula is C13H18N2O2. The Morgan fingerprint density at radius 3 is 2.88 bits per heavy atom. The van der Waals surface area contributed by atoms with Gasteiger partial charge in [-0.1, -0.05) is 0 Å². The molecule has 92 valence electrons. The van der Waals surface area contributed by atoms with E-state index in [4.69, 9.17) is 4.74 Å². The second-order valence-electron chi connectivity index (χ2n) is 4.53. The maximum absolute atomic E-state index is 11.6. The lowest BCUT2D eigenvalue weighted by molar-refractivity contribution is -0.126. The third kappa shape index (κ3) is 4.15. The Balaban J connectivity index is 1.69. The predicted molar refractivity (Wildman–Crippen MR) is 64.3 cm³/mol. The number of amides is 1. The smallest absolute Gasteiger partial charge is 0.246 e. The van der Waals surface area contributed by atoms with Gasteiger partial charge in [-0.2, -0.15) is 0 Å². The van der Waals surface area contributed by atoms with Crippen molar-refractivity contribution in [3.05, 3.63) is 30.1 Å². The van der Waals surface area contributed by atoms with Gasteiger partial charge in [-0.15, -0.1) is 0 Å². The quantitative estimate of drug-likeness (QED) is 0.814. The highest BCUT2D eigenvalue weighted by Crippen LogP contribution is 2.28. The van der Waals surface area contributed by atoms with E-state index >= 15 is 0 Å². The fourth-order valence-corrected chi connectivity index (χ4v) is 1.62. The molecule has 1 aromatic rings. The summed E-state index contributed by atoms with van der Waals surface area (Å²) in [5, 5.41) is 2.90. The molecule has 17 heavy (non-hydrogen) atoms. The van der Waals surface area contributed by atoms with Crippen LogP contribution >= 0.6 is 0 Å². The molecule has 1 aliphatic rings. The Kier molecular flexibility index (Phi) is 4.09. The van der Waals surface area contributed by atoms with Crippen LogP contribution in [0.5, 0.6) is 0 Å². The molecule has 0 radical (unpaired) electrons. The van der Waals surface area contributed by atoms with Gasteiger partial charge in [-0.05, 0) is 43.4 Å². The first kappa shape index (κ1) is 12.0. The maximum Gasteiger partial charge on any atom is 0.246 e. The van der Waals surface area contributed by atoms with Crippen molar-refractivity contribution in [1.82, 2.24) is 10.3 Å². The van der Waals surface area contributed by atoms with Crippen LogP contribution in [0.2, 0.25) is 0 Å². The first-order valence-corrected chi connectivity index (χ1v) is 6.02. The van der Waals surface area contributed by atoms with Crippen molar-refractivity contribution in [3.8, 4) is 0 Å². The number of hydrogen-bond donors (Lipinski definition) is 1. The molecule has 1 aliphatic carbocycles. The van der Waals surface area contributed by atoms with E-state index in [-0.39, 0.29) is 18.6 Å². The van der Waals surface area contributed by atoms with Crippen molar-refractivity contribution in [1.29, 1.82) is 0 Å². The third-order valence-corrected chi connectivity index (χ3v) is 2.87. The minimum absolute atomic E-state index is 0.00461. The number of nitrogens with zero attached hydrogens (tertiary/aromatic N) is 1. The topological polar surface area (TPSA) is 51.2 Å². The Labute approximate surface area is 101 Å². The fourth-order valence-electron chi connectivity index (χ4n) is 1.62. The van der Waals surface area contributed by atoms with Crippen molar-refractivity contribution < 1.29 is 9.53 Å². The molecule has 1 heterocycles. The SMILES string of the molecule is C[C@@H](NC(=O)COCC1CC1)c1ccncc1. The largest absolute Gasteiger partial charge is 0.371 e. The molecule has 0 unspecified atom stereocenters. The van der Waals surface area contributed by atoms with Crippen molar-refractivity contribution >= 4 is 5.91 Å². The maximum atomic E-state index is 11.6. The average Bonchev–Trinajstić information content (AvgIpc) is 3.14. The molecule has 1 aromatic heterocycles. The average molecular weight is 234 g/mol. The molecule has 0 bridgehead atoms. The molecule has 1 N–H and O–H groups in total. The van der Waals surface area contributed by atoms with Crippen molar-refractivity contribution in [2.75, 3.05) is 13.2 Å². The van der Waals surface area contributed by atoms with E-state index in [1.165, 1.54) is 12.8 Å². The van der Waals surface area contributed by atoms with Crippen LogP contribution in [0.3, 0.4) is 0 Å². The Bertz CT molecular complexity index is 363. The number of aromatic nitrogens is 1. The summed E-state index contributed by atoms with van der Waals surface area (Å²) in [6.07, 6.45) is 5.94. The Morgan fingerprint density at radius 2 is 2.24 bits per heavy atom. The first-order valence-electron chi connectivity index (χ1n) is 6.02. The van der Waals surface area contributed by atoms with Crippen LogP contribution < -0.4 is 5.32 Å². The molecular weight excluding hydrogens is 216 g/mol. The zero-order valence-electron chi connectivity index (χ0n) is 10.1. The van der Waals surface area contributed by atoms with Gasteiger partial charge in [0.05, 0.1) is 12.6 Å². The van der Waals surface area contributed by atoms with Crippen LogP contribution in [0, 0.1) is 5.92 Å². The van der Waals surface area contributed by atoms with E-state index in [9.17, 15) is 4.79 Å². The summed E-state index contributed by atoms with van der Waals surface area (Å²) < 4.78 is 5.33. The molecule has 0 aromatic carbocycles. The van der Waals surface area contributed by atoms with E-state index in [2.05, 4.69) is 10.3 Å². The molecule has 0 aliphatic heterocycles. The standard InChI is InChI=1S/C13H18N2O2/c1-10(12-4-6-14-7-5-12)15-13(16)9-17-8-11-2-3-11/h4-7,10-11H,2-3,8-9H2,1H3,(H,15,16)/t10-/m1/s1. The number of pyridine rings is 1. The van der Waals surface area contributed by atoms with Gasteiger partial charge in [0, 0.05) is 12.4 Å². The highest BCUT2D eigenvalue weighted by Gasteiger charge is 2.21. The zero-order chi connectivity index (χ0) is 12.1. The zero-order valence-corrected chi connectivity index (χ0v) is 10.1. The van der Waals surface area contributed by atoms with Crippen LogP contribution in [0.25, 0.3) is 0 Å². The van der Waals surface area contributed by atoms with Gasteiger partial charge in [0.25, 0.3) is 0 Å². The molecule has 1 fully saturated rings. The lowest BCUT2D eigenvalue weighted by Gasteiger charge is -2.14. The van der Waals surface area contributed by atoms with Crippen LogP contribution in [0.15, 0.2) is 24.5 Å². The molecule has 4 nitrogen and oxygen atoms in total. The van der Waals surface area contributed by atoms with E-state index < -0.39 is 0 Å². The number of ether oxygens (including phenoxy) is 1. The summed E-state index contributed by atoms with van der Waals surface area (Å²) >= 11 is 0. The normalized spacial score (nSPS) is 16.5. The molecule has 4 heteroatoms. The molecule has 2 rings (SSSR count). The summed E-state index contributed by atoms with van der Waals surface area (Å²) in [6, 6.07) is 3.79. The lowest BCUT2D eigenvalue weighted by Crippen LogP contribution is -2.30. The molecule has 1 saturated carbocycles. The van der Waals surface area contributed by atoms with Crippen LogP contribution in [0.4, 0.5) is 0 Å². The highest BCUT2D eigenvalue weighted by atomic mass is 16.5. The number of nitrogens with one attached hydrogen (secondary N) is 1. The number of rotatable bonds is 6. The van der Waals surface area contributed by atoms with Crippen LogP contribution in [-0.2, 0) is 9.53 Å². The Hall–Kier alpha value is -1.42. The monoisotopic (exact) mass is 234 g/mol. The number of hydrogen-bond acceptors (Lipinski definition) is 3. The second kappa shape index (κ2) is 5.77. The van der Waals surface area contributed by atoms with Crippen LogP contribution in [0.1, 0.15) is 31.4 Å². The van der Waals surface area contributed by atoms with Gasteiger partial charge in [0.15, 0.2) is 0 Å². The van der Waals surface area contributed by atoms with Gasteiger partial charge in [-0.25, -0.2) is 0 Å². The molecule has 1 amide bonds. The minimum Gasteiger partial charge on any atom is -0.371 e. The predicted octanol–water partition coefficient (Wildman–Crippen LogP) is 1.69. The van der Waals surface area contributed by atoms with E-state index in [1.807, 2.05) is 19.1 Å². The summed E-state index contributed by atoms with van der Waals surface area (Å²) in [4.78, 5) is 15.5. The third-order valence-electron chi connectivity index (χ3n) is 2.87. The van der Waals surface area contributed by atoms with Gasteiger partial charge >= 0.3 is 0 Å². The fraction of sp³-hybridized carbons (Fsp3) is 0.538. The second-order valence-corrected chi connectivity index (χ2v) is 4.53. The molecule has 1 atom stereocenters. The van der Waals surface area contributed by atoms with E-state index in [0.717, 1.165) is 12.2 Å². The van der Waals surface area contributed by atoms with Gasteiger partial charge in [-0.3, -0.25) is 9.78 Å². The summed E-state index contributed by atoms with van der Waals surface area (Å²) in [5.41, 5.74) is 1.05. The van der Waals surface area contributed by atoms with Gasteiger partial charge in [0.1, 0.15) is 6.61 Å². The van der Waals surface area contributed by atoms with Gasteiger partial charge < -0.3 is 10.1 Å². The van der Waals surface area contributed by atoms with Crippen LogP contribution in [-0.4, -0.2) is 24.1 Å². The molecule has 0 spiro atoms. The Morgan fingerprint density at radius 1 is 1.53 bits per heavy atom.